The van der Waals surface area contributed by atoms with Crippen LogP contribution < -0.4 is 5.32 Å². The highest BCUT2D eigenvalue weighted by atomic mass is 79.9. The lowest BCUT2D eigenvalue weighted by Crippen LogP contribution is -2.58. The van der Waals surface area contributed by atoms with Crippen LogP contribution in [-0.4, -0.2) is 41.3 Å². The zero-order valence-corrected chi connectivity index (χ0v) is 12.8. The van der Waals surface area contributed by atoms with Crippen LogP contribution in [0.3, 0.4) is 0 Å². The van der Waals surface area contributed by atoms with Gasteiger partial charge in [0.2, 0.25) is 5.91 Å². The summed E-state index contributed by atoms with van der Waals surface area (Å²) in [5.41, 5.74) is 0.260. The molecular formula is C14H25BrN2O. The smallest absolute Gasteiger partial charge is 0.230 e. The van der Waals surface area contributed by atoms with Crippen molar-refractivity contribution in [1.29, 1.82) is 0 Å². The summed E-state index contributed by atoms with van der Waals surface area (Å²) in [7, 11) is 0. The highest BCUT2D eigenvalue weighted by Gasteiger charge is 2.38. The Bertz CT molecular complexity index is 271. The van der Waals surface area contributed by atoms with Crippen molar-refractivity contribution in [1.82, 2.24) is 10.2 Å². The lowest BCUT2D eigenvalue weighted by atomic mass is 9.79. The average molecular weight is 317 g/mol. The highest BCUT2D eigenvalue weighted by molar-refractivity contribution is 9.09. The summed E-state index contributed by atoms with van der Waals surface area (Å²) in [5.74, 6) is 0.122. The first-order valence-corrected chi connectivity index (χ1v) is 8.47. The van der Waals surface area contributed by atoms with Gasteiger partial charge in [0.15, 0.2) is 0 Å². The molecule has 0 aromatic rings. The first-order valence-electron chi connectivity index (χ1n) is 7.35. The molecule has 1 heterocycles. The third-order valence-corrected chi connectivity index (χ3v) is 5.06. The second-order valence-electron chi connectivity index (χ2n) is 5.74. The van der Waals surface area contributed by atoms with Crippen molar-refractivity contribution >= 4 is 21.8 Å². The SMILES string of the molecule is O=C(CBr)NCC1(N2CCCCC2)CCCCC1. The van der Waals surface area contributed by atoms with Gasteiger partial charge in [-0.25, -0.2) is 0 Å². The third kappa shape index (κ3) is 3.47. The fraction of sp³-hybridized carbons (Fsp3) is 0.929. The number of halogens is 1. The zero-order valence-electron chi connectivity index (χ0n) is 11.2. The first-order chi connectivity index (χ1) is 8.77. The molecule has 2 aliphatic rings. The molecule has 4 heteroatoms. The van der Waals surface area contributed by atoms with Gasteiger partial charge in [0.25, 0.3) is 0 Å². The van der Waals surface area contributed by atoms with E-state index in [1.54, 1.807) is 0 Å². The van der Waals surface area contributed by atoms with Crippen LogP contribution >= 0.6 is 15.9 Å². The van der Waals surface area contributed by atoms with Crippen LogP contribution in [0, 0.1) is 0 Å². The minimum atomic E-state index is 0.122. The van der Waals surface area contributed by atoms with E-state index in [9.17, 15) is 4.79 Å². The molecule has 1 N–H and O–H groups in total. The van der Waals surface area contributed by atoms with E-state index in [1.807, 2.05) is 0 Å². The van der Waals surface area contributed by atoms with Gasteiger partial charge in [-0.15, -0.1) is 0 Å². The van der Waals surface area contributed by atoms with E-state index >= 15 is 0 Å². The third-order valence-electron chi connectivity index (χ3n) is 4.55. The molecule has 0 aromatic heterocycles. The summed E-state index contributed by atoms with van der Waals surface area (Å²) in [4.78, 5) is 14.2. The predicted molar refractivity (Wildman–Crippen MR) is 78.0 cm³/mol. The lowest BCUT2D eigenvalue weighted by Gasteiger charge is -2.48. The molecule has 1 amide bonds. The van der Waals surface area contributed by atoms with E-state index in [2.05, 4.69) is 26.1 Å². The number of nitrogens with one attached hydrogen (secondary N) is 1. The van der Waals surface area contributed by atoms with Gasteiger partial charge in [0, 0.05) is 12.1 Å². The molecule has 1 aliphatic carbocycles. The standard InChI is InChI=1S/C14H25BrN2O/c15-11-13(18)16-12-14(7-3-1-4-8-14)17-9-5-2-6-10-17/h1-12H2,(H,16,18). The molecule has 0 spiro atoms. The van der Waals surface area contributed by atoms with Crippen LogP contribution in [0.25, 0.3) is 0 Å². The van der Waals surface area contributed by atoms with Crippen LogP contribution in [0.5, 0.6) is 0 Å². The number of piperidine rings is 1. The fourth-order valence-electron chi connectivity index (χ4n) is 3.49. The maximum absolute atomic E-state index is 11.5. The maximum atomic E-state index is 11.5. The number of carbonyl (C=O) groups excluding carboxylic acids is 1. The molecule has 1 saturated heterocycles. The van der Waals surface area contributed by atoms with Crippen LogP contribution in [0.4, 0.5) is 0 Å². The largest absolute Gasteiger partial charge is 0.354 e. The Hall–Kier alpha value is -0.0900. The summed E-state index contributed by atoms with van der Waals surface area (Å²) < 4.78 is 0. The Labute approximate surface area is 119 Å². The van der Waals surface area contributed by atoms with Crippen LogP contribution in [0.1, 0.15) is 51.4 Å². The summed E-state index contributed by atoms with van der Waals surface area (Å²) >= 11 is 3.23. The second kappa shape index (κ2) is 6.90. The fourth-order valence-corrected chi connectivity index (χ4v) is 3.69. The van der Waals surface area contributed by atoms with Crippen molar-refractivity contribution in [2.24, 2.45) is 0 Å². The van der Waals surface area contributed by atoms with Crippen molar-refractivity contribution < 1.29 is 4.79 Å². The molecule has 2 fully saturated rings. The molecular weight excluding hydrogens is 292 g/mol. The molecule has 0 unspecified atom stereocenters. The van der Waals surface area contributed by atoms with Crippen LogP contribution in [-0.2, 0) is 4.79 Å². The Kier molecular flexibility index (Phi) is 5.49. The van der Waals surface area contributed by atoms with Crippen molar-refractivity contribution in [2.75, 3.05) is 25.0 Å². The van der Waals surface area contributed by atoms with Gasteiger partial charge in [-0.2, -0.15) is 0 Å². The van der Waals surface area contributed by atoms with Crippen molar-refractivity contribution in [3.05, 3.63) is 0 Å². The van der Waals surface area contributed by atoms with Crippen molar-refractivity contribution in [3.63, 3.8) is 0 Å². The Balaban J connectivity index is 1.99. The lowest BCUT2D eigenvalue weighted by molar-refractivity contribution is -0.119. The van der Waals surface area contributed by atoms with Crippen LogP contribution in [0.2, 0.25) is 0 Å². The van der Waals surface area contributed by atoms with Gasteiger partial charge in [-0.1, -0.05) is 41.6 Å². The van der Waals surface area contributed by atoms with Crippen molar-refractivity contribution in [2.45, 2.75) is 56.9 Å². The van der Waals surface area contributed by atoms with E-state index < -0.39 is 0 Å². The minimum absolute atomic E-state index is 0.122. The number of nitrogens with zero attached hydrogens (tertiary/aromatic N) is 1. The number of carbonyl (C=O) groups is 1. The average Bonchev–Trinajstić information content (AvgIpc) is 2.46. The second-order valence-corrected chi connectivity index (χ2v) is 6.30. The Morgan fingerprint density at radius 1 is 1.06 bits per heavy atom. The predicted octanol–water partition coefficient (Wildman–Crippen LogP) is 2.69. The van der Waals surface area contributed by atoms with Gasteiger partial charge in [-0.3, -0.25) is 9.69 Å². The van der Waals surface area contributed by atoms with Crippen LogP contribution in [0.15, 0.2) is 0 Å². The van der Waals surface area contributed by atoms with E-state index in [1.165, 1.54) is 64.5 Å². The normalized spacial score (nSPS) is 24.7. The Morgan fingerprint density at radius 3 is 2.28 bits per heavy atom. The van der Waals surface area contributed by atoms with E-state index in [0.717, 1.165) is 6.54 Å². The van der Waals surface area contributed by atoms with E-state index in [-0.39, 0.29) is 11.4 Å². The van der Waals surface area contributed by atoms with E-state index in [4.69, 9.17) is 0 Å². The molecule has 0 radical (unpaired) electrons. The molecule has 0 atom stereocenters. The molecule has 1 aliphatic heterocycles. The summed E-state index contributed by atoms with van der Waals surface area (Å²) in [6.45, 7) is 3.30. The van der Waals surface area contributed by atoms with E-state index in [0.29, 0.717) is 5.33 Å². The number of alkyl halides is 1. The zero-order chi connectivity index (χ0) is 12.8. The summed E-state index contributed by atoms with van der Waals surface area (Å²) in [6, 6.07) is 0. The van der Waals surface area contributed by atoms with Gasteiger partial charge in [-0.05, 0) is 38.8 Å². The molecule has 104 valence electrons. The number of amides is 1. The van der Waals surface area contributed by atoms with Gasteiger partial charge in [0.05, 0.1) is 5.33 Å². The molecule has 18 heavy (non-hydrogen) atoms. The number of hydrogen-bond donors (Lipinski definition) is 1. The quantitative estimate of drug-likeness (QED) is 0.809. The van der Waals surface area contributed by atoms with Gasteiger partial charge >= 0.3 is 0 Å². The maximum Gasteiger partial charge on any atom is 0.230 e. The van der Waals surface area contributed by atoms with Gasteiger partial charge in [0.1, 0.15) is 0 Å². The number of likely N-dealkylation sites (tertiary alicyclic amines) is 1. The highest BCUT2D eigenvalue weighted by Crippen LogP contribution is 2.35. The number of rotatable bonds is 4. The minimum Gasteiger partial charge on any atom is -0.354 e. The monoisotopic (exact) mass is 316 g/mol. The number of hydrogen-bond acceptors (Lipinski definition) is 2. The molecule has 2 rings (SSSR count). The Morgan fingerprint density at radius 2 is 1.67 bits per heavy atom. The molecule has 3 nitrogen and oxygen atoms in total. The molecule has 1 saturated carbocycles. The first kappa shape index (κ1) is 14.3. The molecule has 0 aromatic carbocycles. The van der Waals surface area contributed by atoms with Crippen molar-refractivity contribution in [3.8, 4) is 0 Å². The van der Waals surface area contributed by atoms with Gasteiger partial charge < -0.3 is 5.32 Å². The molecule has 0 bridgehead atoms. The summed E-state index contributed by atoms with van der Waals surface area (Å²) in [6.07, 6.45) is 10.6. The summed E-state index contributed by atoms with van der Waals surface area (Å²) in [5, 5.41) is 3.53. The topological polar surface area (TPSA) is 32.3 Å².